The van der Waals surface area contributed by atoms with E-state index in [1.54, 1.807) is 28.0 Å². The minimum atomic E-state index is -4.49. The van der Waals surface area contributed by atoms with Crippen LogP contribution in [0.5, 0.6) is 0 Å². The third kappa shape index (κ3) is 5.49. The summed E-state index contributed by atoms with van der Waals surface area (Å²) in [6.07, 6.45) is -1.11. The Hall–Kier alpha value is -3.77. The van der Waals surface area contributed by atoms with Crippen LogP contribution < -0.4 is 10.2 Å². The fraction of sp³-hybridized carbons (Fsp3) is 0.409. The van der Waals surface area contributed by atoms with Crippen molar-refractivity contribution in [1.29, 1.82) is 0 Å². The molecule has 3 heterocycles. The number of carbonyl (C=O) groups is 2. The van der Waals surface area contributed by atoms with Crippen molar-refractivity contribution < 1.29 is 27.2 Å². The van der Waals surface area contributed by atoms with Gasteiger partial charge in [-0.3, -0.25) is 9.59 Å². The highest BCUT2D eigenvalue weighted by Crippen LogP contribution is 2.28. The average Bonchev–Trinajstić information content (AvgIpc) is 3.18. The molecular weight excluding hydrogens is 470 g/mol. The van der Waals surface area contributed by atoms with Crippen molar-refractivity contribution in [2.45, 2.75) is 32.0 Å². The number of halogens is 4. The van der Waals surface area contributed by atoms with Gasteiger partial charge in [0.25, 0.3) is 0 Å². The fourth-order valence-corrected chi connectivity index (χ4v) is 3.93. The smallest absolute Gasteiger partial charge is 0.339 e. The van der Waals surface area contributed by atoms with Gasteiger partial charge < -0.3 is 15.1 Å². The standard InChI is InChI=1S/C22H23F4N7O2/c23-20-16-4-3-5-17(29-14-34)19(16)30-33(20)7-2-1-6-18(35)31-8-10-32(11-9-31)21-27-12-15(13-28-21)22(24,25)26/h3-5,12-14H,1-2,6-11H2,(H,29,34). The van der Waals surface area contributed by atoms with Crippen molar-refractivity contribution in [3.63, 3.8) is 0 Å². The van der Waals surface area contributed by atoms with Crippen LogP contribution in [0.3, 0.4) is 0 Å². The number of fused-ring (bicyclic) bond motifs is 1. The van der Waals surface area contributed by atoms with Crippen molar-refractivity contribution in [1.82, 2.24) is 24.6 Å². The molecule has 13 heteroatoms. The Morgan fingerprint density at radius 3 is 2.46 bits per heavy atom. The first kappa shape index (κ1) is 24.4. The van der Waals surface area contributed by atoms with Crippen LogP contribution >= 0.6 is 0 Å². The van der Waals surface area contributed by atoms with Gasteiger partial charge in [-0.15, -0.1) is 0 Å². The molecule has 35 heavy (non-hydrogen) atoms. The number of nitrogens with one attached hydrogen (secondary N) is 1. The number of nitrogens with zero attached hydrogens (tertiary/aromatic N) is 6. The molecule has 0 spiro atoms. The zero-order chi connectivity index (χ0) is 25.0. The molecule has 3 aromatic rings. The molecule has 186 valence electrons. The Kier molecular flexibility index (Phi) is 7.12. The van der Waals surface area contributed by atoms with Crippen LogP contribution in [0.4, 0.5) is 29.2 Å². The molecule has 0 aliphatic carbocycles. The maximum Gasteiger partial charge on any atom is 0.419 e. The quantitative estimate of drug-likeness (QED) is 0.294. The van der Waals surface area contributed by atoms with Crippen LogP contribution in [0.25, 0.3) is 10.9 Å². The van der Waals surface area contributed by atoms with E-state index in [1.165, 1.54) is 4.68 Å². The summed E-state index contributed by atoms with van der Waals surface area (Å²) in [5.74, 6) is -0.339. The van der Waals surface area contributed by atoms with Gasteiger partial charge in [-0.2, -0.15) is 22.7 Å². The molecule has 1 fully saturated rings. The van der Waals surface area contributed by atoms with E-state index in [2.05, 4.69) is 20.4 Å². The number of hydrogen-bond acceptors (Lipinski definition) is 6. The van der Waals surface area contributed by atoms with Crippen LogP contribution in [-0.2, 0) is 22.3 Å². The molecule has 0 unspecified atom stereocenters. The number of alkyl halides is 3. The summed E-state index contributed by atoms with van der Waals surface area (Å²) in [5.41, 5.74) is -0.120. The van der Waals surface area contributed by atoms with Gasteiger partial charge >= 0.3 is 6.18 Å². The normalized spacial score (nSPS) is 14.4. The SMILES string of the molecule is O=CNc1cccc2c(F)n(CCCCC(=O)N3CCN(c4ncc(C(F)(F)F)cn4)CC3)nc12. The van der Waals surface area contributed by atoms with Gasteiger partial charge in [0.2, 0.25) is 24.2 Å². The lowest BCUT2D eigenvalue weighted by molar-refractivity contribution is -0.138. The van der Waals surface area contributed by atoms with E-state index >= 15 is 0 Å². The second-order valence-corrected chi connectivity index (χ2v) is 8.07. The molecule has 9 nitrogen and oxygen atoms in total. The molecular formula is C22H23F4N7O2. The van der Waals surface area contributed by atoms with Crippen molar-refractivity contribution in [2.24, 2.45) is 0 Å². The van der Waals surface area contributed by atoms with Crippen LogP contribution in [0.15, 0.2) is 30.6 Å². The van der Waals surface area contributed by atoms with Crippen molar-refractivity contribution in [3.8, 4) is 0 Å². The Labute approximate surface area is 197 Å². The summed E-state index contributed by atoms with van der Waals surface area (Å²) in [6.45, 7) is 1.94. The number of aromatic nitrogens is 4. The molecule has 0 saturated carbocycles. The van der Waals surface area contributed by atoms with Crippen molar-refractivity contribution in [2.75, 3.05) is 36.4 Å². The van der Waals surface area contributed by atoms with E-state index in [-0.39, 0.29) is 24.8 Å². The first-order chi connectivity index (χ1) is 16.8. The van der Waals surface area contributed by atoms with Gasteiger partial charge in [0.1, 0.15) is 5.52 Å². The summed E-state index contributed by atoms with van der Waals surface area (Å²) >= 11 is 0. The number of carbonyl (C=O) groups excluding carboxylic acids is 2. The molecule has 2 aromatic heterocycles. The molecule has 1 aliphatic heterocycles. The maximum atomic E-state index is 14.6. The predicted molar refractivity (Wildman–Crippen MR) is 119 cm³/mol. The Morgan fingerprint density at radius 2 is 1.80 bits per heavy atom. The Bertz CT molecular complexity index is 1190. The van der Waals surface area contributed by atoms with Crippen LogP contribution in [-0.4, -0.2) is 63.1 Å². The number of hydrogen-bond donors (Lipinski definition) is 1. The Balaban J connectivity index is 1.23. The first-order valence-corrected chi connectivity index (χ1v) is 11.0. The summed E-state index contributed by atoms with van der Waals surface area (Å²) in [4.78, 5) is 34.3. The number of piperazine rings is 1. The van der Waals surface area contributed by atoms with Gasteiger partial charge in [0.05, 0.1) is 16.6 Å². The zero-order valence-corrected chi connectivity index (χ0v) is 18.6. The highest BCUT2D eigenvalue weighted by molar-refractivity contribution is 5.94. The lowest BCUT2D eigenvalue weighted by Crippen LogP contribution is -2.49. The van der Waals surface area contributed by atoms with Crippen LogP contribution in [0.1, 0.15) is 24.8 Å². The zero-order valence-electron chi connectivity index (χ0n) is 18.6. The molecule has 0 bridgehead atoms. The van der Waals surface area contributed by atoms with E-state index in [1.807, 2.05) is 0 Å². The third-order valence-electron chi connectivity index (χ3n) is 5.81. The number of rotatable bonds is 8. The summed E-state index contributed by atoms with van der Waals surface area (Å²) in [5, 5.41) is 7.05. The second-order valence-electron chi connectivity index (χ2n) is 8.07. The molecule has 2 amide bonds. The minimum absolute atomic E-state index is 0.0402. The van der Waals surface area contributed by atoms with Gasteiger partial charge in [-0.1, -0.05) is 6.07 Å². The van der Waals surface area contributed by atoms with Gasteiger partial charge in [0.15, 0.2) is 0 Å². The first-order valence-electron chi connectivity index (χ1n) is 11.0. The number of benzene rings is 1. The largest absolute Gasteiger partial charge is 0.419 e. The van der Waals surface area contributed by atoms with Crippen molar-refractivity contribution in [3.05, 3.63) is 42.1 Å². The van der Waals surface area contributed by atoms with E-state index in [0.717, 1.165) is 12.4 Å². The van der Waals surface area contributed by atoms with Crippen molar-refractivity contribution >= 4 is 34.9 Å². The minimum Gasteiger partial charge on any atom is -0.339 e. The van der Waals surface area contributed by atoms with Gasteiger partial charge in [-0.25, -0.2) is 14.6 Å². The lowest BCUT2D eigenvalue weighted by atomic mass is 10.2. The molecule has 1 aromatic carbocycles. The van der Waals surface area contributed by atoms with E-state index in [9.17, 15) is 27.2 Å². The lowest BCUT2D eigenvalue weighted by Gasteiger charge is -2.34. The monoisotopic (exact) mass is 493 g/mol. The number of anilines is 2. The van der Waals surface area contributed by atoms with Gasteiger partial charge in [0, 0.05) is 51.5 Å². The maximum absolute atomic E-state index is 14.6. The highest BCUT2D eigenvalue weighted by Gasteiger charge is 2.32. The number of unbranched alkanes of at least 4 members (excludes halogenated alkanes) is 1. The average molecular weight is 493 g/mol. The molecule has 1 N–H and O–H groups in total. The third-order valence-corrected chi connectivity index (χ3v) is 5.81. The fourth-order valence-electron chi connectivity index (χ4n) is 3.93. The predicted octanol–water partition coefficient (Wildman–Crippen LogP) is 3.07. The molecule has 4 rings (SSSR count). The highest BCUT2D eigenvalue weighted by atomic mass is 19.4. The molecule has 1 saturated heterocycles. The summed E-state index contributed by atoms with van der Waals surface area (Å²) < 4.78 is 53.8. The molecule has 1 aliphatic rings. The summed E-state index contributed by atoms with van der Waals surface area (Å²) in [6, 6.07) is 4.85. The Morgan fingerprint density at radius 1 is 1.09 bits per heavy atom. The van der Waals surface area contributed by atoms with E-state index < -0.39 is 17.7 Å². The van der Waals surface area contributed by atoms with E-state index in [0.29, 0.717) is 62.0 Å². The van der Waals surface area contributed by atoms with Crippen LogP contribution in [0, 0.1) is 5.95 Å². The van der Waals surface area contributed by atoms with Crippen LogP contribution in [0.2, 0.25) is 0 Å². The molecule has 0 radical (unpaired) electrons. The summed E-state index contributed by atoms with van der Waals surface area (Å²) in [7, 11) is 0. The number of amides is 2. The second kappa shape index (κ2) is 10.2. The molecule has 0 atom stereocenters. The topological polar surface area (TPSA) is 96.2 Å². The van der Waals surface area contributed by atoms with Gasteiger partial charge in [-0.05, 0) is 25.0 Å². The van der Waals surface area contributed by atoms with E-state index in [4.69, 9.17) is 0 Å². The number of aryl methyl sites for hydroxylation is 1.